The Labute approximate surface area is 97.3 Å². The van der Waals surface area contributed by atoms with Crippen molar-refractivity contribution in [3.05, 3.63) is 33.7 Å². The molecule has 0 aliphatic heterocycles. The normalized spacial score (nSPS) is 13.1. The highest BCUT2D eigenvalue weighted by molar-refractivity contribution is 5.20. The molecule has 0 aliphatic rings. The topological polar surface area (TPSA) is 48.0 Å². The molecule has 1 unspecified atom stereocenters. The van der Waals surface area contributed by atoms with Crippen LogP contribution in [0.5, 0.6) is 0 Å². The van der Waals surface area contributed by atoms with Crippen LogP contribution >= 0.6 is 0 Å². The van der Waals surface area contributed by atoms with Gasteiger partial charge in [0.15, 0.2) is 0 Å². The highest BCUT2D eigenvalue weighted by atomic mass is 16.1. The molecular formula is C13H22N2O. The average Bonchev–Trinajstić information content (AvgIpc) is 2.20. The van der Waals surface area contributed by atoms with Crippen molar-refractivity contribution >= 4 is 0 Å². The maximum atomic E-state index is 12.2. The summed E-state index contributed by atoms with van der Waals surface area (Å²) in [5.41, 5.74) is 7.66. The van der Waals surface area contributed by atoms with Crippen molar-refractivity contribution in [1.29, 1.82) is 0 Å². The van der Waals surface area contributed by atoms with Gasteiger partial charge in [-0.2, -0.15) is 0 Å². The Morgan fingerprint density at radius 1 is 1.31 bits per heavy atom. The van der Waals surface area contributed by atoms with Crippen LogP contribution in [0.4, 0.5) is 0 Å². The van der Waals surface area contributed by atoms with Crippen molar-refractivity contribution in [2.75, 3.05) is 0 Å². The van der Waals surface area contributed by atoms with Crippen LogP contribution in [0, 0.1) is 0 Å². The maximum Gasteiger partial charge on any atom is 0.255 e. The van der Waals surface area contributed by atoms with Gasteiger partial charge in [-0.3, -0.25) is 4.79 Å². The number of pyridine rings is 1. The summed E-state index contributed by atoms with van der Waals surface area (Å²) < 4.78 is 1.86. The lowest BCUT2D eigenvalue weighted by atomic mass is 10.1. The second-order valence-corrected chi connectivity index (χ2v) is 4.61. The highest BCUT2D eigenvalue weighted by Gasteiger charge is 2.12. The van der Waals surface area contributed by atoms with Crippen molar-refractivity contribution in [1.82, 2.24) is 4.57 Å². The Morgan fingerprint density at radius 3 is 2.38 bits per heavy atom. The smallest absolute Gasteiger partial charge is 0.255 e. The quantitative estimate of drug-likeness (QED) is 0.850. The summed E-state index contributed by atoms with van der Waals surface area (Å²) in [4.78, 5) is 12.2. The molecule has 1 rings (SSSR count). The van der Waals surface area contributed by atoms with Gasteiger partial charge < -0.3 is 10.3 Å². The van der Waals surface area contributed by atoms with Gasteiger partial charge in [0.1, 0.15) is 0 Å². The fourth-order valence-electron chi connectivity index (χ4n) is 1.91. The van der Waals surface area contributed by atoms with Crippen LogP contribution in [0.15, 0.2) is 16.9 Å². The van der Waals surface area contributed by atoms with Crippen LogP contribution in [-0.2, 0) is 6.54 Å². The van der Waals surface area contributed by atoms with E-state index in [1.807, 2.05) is 23.6 Å². The van der Waals surface area contributed by atoms with E-state index in [1.165, 1.54) is 0 Å². The predicted molar refractivity (Wildman–Crippen MR) is 67.7 cm³/mol. The summed E-state index contributed by atoms with van der Waals surface area (Å²) in [6.45, 7) is 8.91. The molecule has 0 saturated carbocycles. The van der Waals surface area contributed by atoms with Gasteiger partial charge in [0.05, 0.1) is 0 Å². The molecule has 3 heteroatoms. The average molecular weight is 222 g/mol. The number of aromatic nitrogens is 1. The first kappa shape index (κ1) is 13.0. The van der Waals surface area contributed by atoms with Gasteiger partial charge in [0.2, 0.25) is 0 Å². The number of nitrogens with two attached hydrogens (primary N) is 1. The third-order valence-corrected chi connectivity index (χ3v) is 2.77. The molecule has 16 heavy (non-hydrogen) atoms. The van der Waals surface area contributed by atoms with Gasteiger partial charge in [-0.1, -0.05) is 26.8 Å². The van der Waals surface area contributed by atoms with Crippen LogP contribution in [0.3, 0.4) is 0 Å². The van der Waals surface area contributed by atoms with E-state index in [9.17, 15) is 4.79 Å². The standard InChI is InChI=1S/C13H22N2O/c1-5-8-15-12(9(2)3)7-6-11(10(4)14)13(15)16/h6-7,9-10H,5,8,14H2,1-4H3. The van der Waals surface area contributed by atoms with E-state index in [0.717, 1.165) is 18.7 Å². The molecule has 0 spiro atoms. The van der Waals surface area contributed by atoms with Crippen LogP contribution in [-0.4, -0.2) is 4.57 Å². The highest BCUT2D eigenvalue weighted by Crippen LogP contribution is 2.15. The molecule has 2 N–H and O–H groups in total. The van der Waals surface area contributed by atoms with Crippen molar-refractivity contribution in [3.63, 3.8) is 0 Å². The lowest BCUT2D eigenvalue weighted by molar-refractivity contribution is 0.584. The number of rotatable bonds is 4. The Kier molecular flexibility index (Phi) is 4.30. The molecule has 1 heterocycles. The van der Waals surface area contributed by atoms with Crippen LogP contribution in [0.2, 0.25) is 0 Å². The summed E-state index contributed by atoms with van der Waals surface area (Å²) in [5.74, 6) is 0.362. The molecule has 3 nitrogen and oxygen atoms in total. The van der Waals surface area contributed by atoms with E-state index in [2.05, 4.69) is 20.8 Å². The lowest BCUT2D eigenvalue weighted by Crippen LogP contribution is -2.29. The van der Waals surface area contributed by atoms with E-state index in [-0.39, 0.29) is 11.6 Å². The Hall–Kier alpha value is -1.09. The van der Waals surface area contributed by atoms with E-state index in [4.69, 9.17) is 5.73 Å². The zero-order valence-electron chi connectivity index (χ0n) is 10.7. The summed E-state index contributed by atoms with van der Waals surface area (Å²) in [5, 5.41) is 0. The van der Waals surface area contributed by atoms with E-state index in [0.29, 0.717) is 11.5 Å². The second-order valence-electron chi connectivity index (χ2n) is 4.61. The minimum Gasteiger partial charge on any atom is -0.324 e. The molecular weight excluding hydrogens is 200 g/mol. The van der Waals surface area contributed by atoms with E-state index in [1.54, 1.807) is 0 Å². The van der Waals surface area contributed by atoms with Crippen molar-refractivity contribution in [3.8, 4) is 0 Å². The first-order chi connectivity index (χ1) is 7.49. The fraction of sp³-hybridized carbons (Fsp3) is 0.615. The SMILES string of the molecule is CCCn1c(C(C)C)ccc(C(C)N)c1=O. The molecule has 90 valence electrons. The van der Waals surface area contributed by atoms with Crippen LogP contribution in [0.1, 0.15) is 57.3 Å². The number of nitrogens with zero attached hydrogens (tertiary/aromatic N) is 1. The zero-order valence-corrected chi connectivity index (χ0v) is 10.7. The molecule has 0 fully saturated rings. The van der Waals surface area contributed by atoms with Gasteiger partial charge >= 0.3 is 0 Å². The molecule has 0 saturated heterocycles. The molecule has 1 atom stereocenters. The van der Waals surface area contributed by atoms with Gasteiger partial charge in [0.25, 0.3) is 5.56 Å². The minimum absolute atomic E-state index is 0.0723. The monoisotopic (exact) mass is 222 g/mol. The molecule has 0 bridgehead atoms. The van der Waals surface area contributed by atoms with Crippen molar-refractivity contribution in [2.24, 2.45) is 5.73 Å². The van der Waals surface area contributed by atoms with E-state index >= 15 is 0 Å². The van der Waals surface area contributed by atoms with E-state index < -0.39 is 0 Å². The fourth-order valence-corrected chi connectivity index (χ4v) is 1.91. The van der Waals surface area contributed by atoms with Gasteiger partial charge in [-0.05, 0) is 25.3 Å². The van der Waals surface area contributed by atoms with Crippen molar-refractivity contribution < 1.29 is 0 Å². The van der Waals surface area contributed by atoms with Crippen LogP contribution < -0.4 is 11.3 Å². The summed E-state index contributed by atoms with van der Waals surface area (Å²) in [6, 6.07) is 3.70. The third kappa shape index (κ3) is 2.53. The number of hydrogen-bond donors (Lipinski definition) is 1. The molecule has 1 aromatic rings. The molecule has 0 amide bonds. The summed E-state index contributed by atoms with van der Waals surface area (Å²) >= 11 is 0. The van der Waals surface area contributed by atoms with Gasteiger partial charge in [-0.25, -0.2) is 0 Å². The third-order valence-electron chi connectivity index (χ3n) is 2.77. The molecule has 0 radical (unpaired) electrons. The first-order valence-electron chi connectivity index (χ1n) is 5.98. The first-order valence-corrected chi connectivity index (χ1v) is 5.98. The molecule has 0 aromatic carbocycles. The lowest BCUT2D eigenvalue weighted by Gasteiger charge is -2.17. The minimum atomic E-state index is -0.197. The zero-order chi connectivity index (χ0) is 12.3. The van der Waals surface area contributed by atoms with Gasteiger partial charge in [0, 0.05) is 23.8 Å². The van der Waals surface area contributed by atoms with Gasteiger partial charge in [-0.15, -0.1) is 0 Å². The molecule has 1 aromatic heterocycles. The number of hydrogen-bond acceptors (Lipinski definition) is 2. The Balaban J connectivity index is 3.36. The Bertz CT molecular complexity index is 405. The predicted octanol–water partition coefficient (Wildman–Crippen LogP) is 2.40. The summed E-state index contributed by atoms with van der Waals surface area (Å²) in [7, 11) is 0. The maximum absolute atomic E-state index is 12.2. The van der Waals surface area contributed by atoms with Crippen molar-refractivity contribution in [2.45, 2.75) is 52.6 Å². The summed E-state index contributed by atoms with van der Waals surface area (Å²) in [6.07, 6.45) is 0.960. The largest absolute Gasteiger partial charge is 0.324 e. The molecule has 0 aliphatic carbocycles. The second kappa shape index (κ2) is 5.30. The Morgan fingerprint density at radius 2 is 1.94 bits per heavy atom. The van der Waals surface area contributed by atoms with Crippen LogP contribution in [0.25, 0.3) is 0 Å².